The van der Waals surface area contributed by atoms with Crippen molar-refractivity contribution in [2.45, 2.75) is 59.1 Å². The van der Waals surface area contributed by atoms with Crippen molar-refractivity contribution in [2.24, 2.45) is 5.92 Å². The van der Waals surface area contributed by atoms with Gasteiger partial charge in [0.2, 0.25) is 0 Å². The molecule has 0 saturated carbocycles. The molecular formula is C20H28ClOTi. The van der Waals surface area contributed by atoms with Crippen LogP contribution in [0.15, 0.2) is 38.8 Å². The van der Waals surface area contributed by atoms with Crippen LogP contribution in [0.4, 0.5) is 0 Å². The summed E-state index contributed by atoms with van der Waals surface area (Å²) < 4.78 is 8.00. The summed E-state index contributed by atoms with van der Waals surface area (Å²) in [5, 5.41) is 3.06. The minimum atomic E-state index is -1.80. The Labute approximate surface area is 153 Å². The van der Waals surface area contributed by atoms with E-state index in [2.05, 4.69) is 59.8 Å². The molecule has 2 rings (SSSR count). The third-order valence-corrected chi connectivity index (χ3v) is 8.54. The van der Waals surface area contributed by atoms with Gasteiger partial charge in [-0.2, -0.15) is 0 Å². The van der Waals surface area contributed by atoms with Crippen molar-refractivity contribution < 1.29 is 21.6 Å². The summed E-state index contributed by atoms with van der Waals surface area (Å²) in [6.45, 7) is 15.6. The first-order valence-electron chi connectivity index (χ1n) is 8.23. The fraction of sp³-hybridized carbons (Fsp3) is 0.500. The van der Waals surface area contributed by atoms with E-state index in [1.165, 1.54) is 22.3 Å². The summed E-state index contributed by atoms with van der Waals surface area (Å²) in [7, 11) is 0. The zero-order valence-corrected chi connectivity index (χ0v) is 17.9. The Kier molecular flexibility index (Phi) is 5.56. The van der Waals surface area contributed by atoms with Gasteiger partial charge in [0.25, 0.3) is 0 Å². The summed E-state index contributed by atoms with van der Waals surface area (Å²) in [5.41, 5.74) is 5.69. The molecule has 0 radical (unpaired) electrons. The molecule has 1 nitrogen and oxygen atoms in total. The molecule has 1 aromatic rings. The zero-order chi connectivity index (χ0) is 17.5. The predicted octanol–water partition coefficient (Wildman–Crippen LogP) is 6.86. The van der Waals surface area contributed by atoms with Crippen LogP contribution in [-0.4, -0.2) is 0 Å². The summed E-state index contributed by atoms with van der Waals surface area (Å²) in [6.07, 6.45) is 0. The van der Waals surface area contributed by atoms with Crippen LogP contribution < -0.4 is 3.32 Å². The molecule has 1 aliphatic rings. The number of halogens is 1. The average Bonchev–Trinajstić information content (AvgIpc) is 2.61. The van der Waals surface area contributed by atoms with E-state index in [0.29, 0.717) is 5.92 Å². The van der Waals surface area contributed by atoms with E-state index in [-0.39, 0.29) is 5.41 Å². The van der Waals surface area contributed by atoms with Gasteiger partial charge in [-0.3, -0.25) is 0 Å². The Morgan fingerprint density at radius 1 is 1.04 bits per heavy atom. The molecule has 1 aromatic carbocycles. The van der Waals surface area contributed by atoms with Gasteiger partial charge in [0.05, 0.1) is 0 Å². The Morgan fingerprint density at radius 2 is 1.65 bits per heavy atom. The fourth-order valence-electron chi connectivity index (χ4n) is 3.22. The van der Waals surface area contributed by atoms with Crippen molar-refractivity contribution in [2.75, 3.05) is 0 Å². The fourth-order valence-corrected chi connectivity index (χ4v) is 6.76. The van der Waals surface area contributed by atoms with Gasteiger partial charge in [-0.1, -0.05) is 0 Å². The Hall–Kier alpha value is -0.496. The van der Waals surface area contributed by atoms with Crippen LogP contribution in [0.1, 0.15) is 54.0 Å². The van der Waals surface area contributed by atoms with Crippen LogP contribution in [0, 0.1) is 5.92 Å². The van der Waals surface area contributed by atoms with Gasteiger partial charge in [0.1, 0.15) is 0 Å². The number of hydrogen-bond donors (Lipinski definition) is 0. The molecule has 23 heavy (non-hydrogen) atoms. The standard InChI is InChI=1S/C10H13ClO.C9H13.CH3.Ti/c1-10(2,3)7-4-8(11)6-9(12)5-7;1-6-5-7(2)9(4)8(6)3;;/h4-6,12H,1-3H3;6H,1-4H3;1H3;/q;;;+1/p-1. The summed E-state index contributed by atoms with van der Waals surface area (Å²) >= 11 is 4.52. The molecule has 1 atom stereocenters. The van der Waals surface area contributed by atoms with Gasteiger partial charge < -0.3 is 0 Å². The van der Waals surface area contributed by atoms with E-state index in [4.69, 9.17) is 14.9 Å². The van der Waals surface area contributed by atoms with Gasteiger partial charge in [-0.05, 0) is 0 Å². The second-order valence-corrected chi connectivity index (χ2v) is 11.0. The monoisotopic (exact) mass is 367 g/mol. The number of rotatable bonds is 3. The first-order valence-corrected chi connectivity index (χ1v) is 11.6. The van der Waals surface area contributed by atoms with Crippen molar-refractivity contribution in [1.82, 2.24) is 0 Å². The Balaban J connectivity index is 2.29. The third-order valence-electron chi connectivity index (χ3n) is 5.03. The molecule has 1 aliphatic carbocycles. The van der Waals surface area contributed by atoms with Crippen molar-refractivity contribution in [3.63, 3.8) is 0 Å². The molecule has 0 spiro atoms. The zero-order valence-electron chi connectivity index (χ0n) is 15.6. The SMILES string of the molecule is CC1=C(C)C(C)[C]([Ti]([CH3])[O]c2cc(Cl)cc(C(C)(C)C)c2)=C1C. The van der Waals surface area contributed by atoms with Crippen LogP contribution in [0.3, 0.4) is 0 Å². The van der Waals surface area contributed by atoms with Crippen molar-refractivity contribution in [3.8, 4) is 5.75 Å². The molecule has 0 aliphatic heterocycles. The molecule has 0 N–H and O–H groups in total. The van der Waals surface area contributed by atoms with E-state index in [1.807, 2.05) is 12.1 Å². The minimum absolute atomic E-state index is 0.0709. The van der Waals surface area contributed by atoms with Crippen LogP contribution in [0.25, 0.3) is 0 Å². The Bertz CT molecular complexity index is 679. The second kappa shape index (κ2) is 6.78. The van der Waals surface area contributed by atoms with E-state index in [9.17, 15) is 0 Å². The van der Waals surface area contributed by atoms with Crippen molar-refractivity contribution in [1.29, 1.82) is 0 Å². The molecule has 3 heteroatoms. The molecular weight excluding hydrogens is 340 g/mol. The second-order valence-electron chi connectivity index (χ2n) is 7.65. The van der Waals surface area contributed by atoms with Crippen LogP contribution in [-0.2, 0) is 23.7 Å². The first-order chi connectivity index (χ1) is 10.5. The third kappa shape index (κ3) is 3.95. The van der Waals surface area contributed by atoms with E-state index in [0.717, 1.165) is 10.8 Å². The quantitative estimate of drug-likeness (QED) is 0.530. The maximum atomic E-state index is 6.45. The molecule has 1 unspecified atom stereocenters. The van der Waals surface area contributed by atoms with E-state index < -0.39 is 18.3 Å². The topological polar surface area (TPSA) is 9.23 Å². The predicted molar refractivity (Wildman–Crippen MR) is 96.9 cm³/mol. The number of hydrogen-bond acceptors (Lipinski definition) is 1. The maximum absolute atomic E-state index is 6.45. The van der Waals surface area contributed by atoms with Crippen LogP contribution in [0.5, 0.6) is 5.75 Å². The van der Waals surface area contributed by atoms with Crippen LogP contribution >= 0.6 is 11.6 Å². The molecule has 0 heterocycles. The van der Waals surface area contributed by atoms with Gasteiger partial charge in [0.15, 0.2) is 0 Å². The van der Waals surface area contributed by atoms with Crippen LogP contribution in [0.2, 0.25) is 10.3 Å². The van der Waals surface area contributed by atoms with E-state index >= 15 is 0 Å². The molecule has 0 fully saturated rings. The van der Waals surface area contributed by atoms with Crippen molar-refractivity contribution >= 4 is 11.6 Å². The van der Waals surface area contributed by atoms with Gasteiger partial charge in [-0.25, -0.2) is 0 Å². The molecule has 125 valence electrons. The number of benzene rings is 1. The number of allylic oxidation sites excluding steroid dienone is 4. The first kappa shape index (κ1) is 18.8. The van der Waals surface area contributed by atoms with Gasteiger partial charge >= 0.3 is 153 Å². The average molecular weight is 368 g/mol. The van der Waals surface area contributed by atoms with Crippen molar-refractivity contribution in [3.05, 3.63) is 49.4 Å². The summed E-state index contributed by atoms with van der Waals surface area (Å²) in [4.78, 5) is 0. The molecule has 0 aromatic heterocycles. The molecule has 0 amide bonds. The molecule has 0 bridgehead atoms. The van der Waals surface area contributed by atoms with E-state index in [1.54, 1.807) is 3.88 Å². The molecule has 0 saturated heterocycles. The summed E-state index contributed by atoms with van der Waals surface area (Å²) in [6, 6.07) is 6.16. The van der Waals surface area contributed by atoms with Gasteiger partial charge in [-0.15, -0.1) is 0 Å². The normalized spacial score (nSPS) is 18.7. The summed E-state index contributed by atoms with van der Waals surface area (Å²) in [5.74, 6) is 1.45. The van der Waals surface area contributed by atoms with Gasteiger partial charge in [0, 0.05) is 0 Å². The Morgan fingerprint density at radius 3 is 2.13 bits per heavy atom.